The number of anilines is 1. The minimum absolute atomic E-state index is 0.00682. The molecule has 3 aromatic carbocycles. The number of carbonyl (C=O) groups is 2. The lowest BCUT2D eigenvalue weighted by Crippen LogP contribution is -2.22. The Hall–Kier alpha value is -3.12. The number of carboxylic acid groups (broad SMARTS) is 1. The highest BCUT2D eigenvalue weighted by atomic mass is 79.9. The lowest BCUT2D eigenvalue weighted by molar-refractivity contribution is -0.255. The SMILES string of the molecule is O=C([O-])c1cccc(NC(=O)c2ccc(COc3ccccc3Br)cc2)c1. The van der Waals surface area contributed by atoms with Gasteiger partial charge in [-0.05, 0) is 63.5 Å². The highest BCUT2D eigenvalue weighted by Gasteiger charge is 2.07. The summed E-state index contributed by atoms with van der Waals surface area (Å²) in [5.74, 6) is -0.878. The van der Waals surface area contributed by atoms with E-state index in [1.165, 1.54) is 12.1 Å². The van der Waals surface area contributed by atoms with Gasteiger partial charge in [-0.15, -0.1) is 0 Å². The van der Waals surface area contributed by atoms with Crippen molar-refractivity contribution in [2.75, 3.05) is 5.32 Å². The molecule has 3 rings (SSSR count). The van der Waals surface area contributed by atoms with E-state index in [2.05, 4.69) is 21.2 Å². The number of carboxylic acids is 1. The van der Waals surface area contributed by atoms with Crippen LogP contribution in [0.3, 0.4) is 0 Å². The number of benzene rings is 3. The Morgan fingerprint density at radius 3 is 2.37 bits per heavy atom. The van der Waals surface area contributed by atoms with E-state index in [0.717, 1.165) is 15.8 Å². The molecule has 0 fully saturated rings. The maximum atomic E-state index is 12.3. The predicted molar refractivity (Wildman–Crippen MR) is 104 cm³/mol. The minimum atomic E-state index is -1.29. The number of nitrogens with one attached hydrogen (secondary N) is 1. The smallest absolute Gasteiger partial charge is 0.255 e. The molecular formula is C21H15BrNO4-. The molecule has 0 unspecified atom stereocenters. The van der Waals surface area contributed by atoms with E-state index in [1.54, 1.807) is 24.3 Å². The van der Waals surface area contributed by atoms with E-state index in [9.17, 15) is 14.7 Å². The van der Waals surface area contributed by atoms with Gasteiger partial charge in [-0.2, -0.15) is 0 Å². The Morgan fingerprint density at radius 1 is 0.926 bits per heavy atom. The second-order valence-electron chi connectivity index (χ2n) is 5.74. The zero-order valence-electron chi connectivity index (χ0n) is 14.1. The van der Waals surface area contributed by atoms with Gasteiger partial charge in [0, 0.05) is 11.3 Å². The zero-order valence-corrected chi connectivity index (χ0v) is 15.7. The number of carbonyl (C=O) groups excluding carboxylic acids is 2. The summed E-state index contributed by atoms with van der Waals surface area (Å²) in [5.41, 5.74) is 1.77. The molecule has 1 N–H and O–H groups in total. The lowest BCUT2D eigenvalue weighted by Gasteiger charge is -2.10. The molecule has 3 aromatic rings. The van der Waals surface area contributed by atoms with E-state index in [0.29, 0.717) is 17.9 Å². The average molecular weight is 425 g/mol. The predicted octanol–water partition coefficient (Wildman–Crippen LogP) is 3.64. The summed E-state index contributed by atoms with van der Waals surface area (Å²) in [6.45, 7) is 0.373. The topological polar surface area (TPSA) is 78.5 Å². The summed E-state index contributed by atoms with van der Waals surface area (Å²) < 4.78 is 6.62. The first-order chi connectivity index (χ1) is 13.0. The van der Waals surface area contributed by atoms with Crippen molar-refractivity contribution in [3.8, 4) is 5.75 Å². The molecule has 0 bridgehead atoms. The van der Waals surface area contributed by atoms with Gasteiger partial charge in [0.1, 0.15) is 12.4 Å². The first kappa shape index (κ1) is 18.7. The second kappa shape index (κ2) is 8.51. The number of ether oxygens (including phenoxy) is 1. The van der Waals surface area contributed by atoms with Gasteiger partial charge in [0.05, 0.1) is 10.4 Å². The number of rotatable bonds is 6. The first-order valence-electron chi connectivity index (χ1n) is 8.12. The van der Waals surface area contributed by atoms with Gasteiger partial charge in [0.2, 0.25) is 0 Å². The third-order valence-corrected chi connectivity index (χ3v) is 4.46. The molecule has 1 amide bonds. The van der Waals surface area contributed by atoms with Crippen LogP contribution in [0.1, 0.15) is 26.3 Å². The van der Waals surface area contributed by atoms with Crippen molar-refractivity contribution in [2.24, 2.45) is 0 Å². The Kier molecular flexibility index (Phi) is 5.88. The van der Waals surface area contributed by atoms with Gasteiger partial charge >= 0.3 is 0 Å². The van der Waals surface area contributed by atoms with Crippen molar-refractivity contribution in [1.29, 1.82) is 0 Å². The largest absolute Gasteiger partial charge is 0.545 e. The molecule has 0 spiro atoms. The zero-order chi connectivity index (χ0) is 19.2. The second-order valence-corrected chi connectivity index (χ2v) is 6.59. The summed E-state index contributed by atoms with van der Waals surface area (Å²) in [5, 5.41) is 13.6. The van der Waals surface area contributed by atoms with Crippen molar-refractivity contribution < 1.29 is 19.4 Å². The van der Waals surface area contributed by atoms with Gasteiger partial charge < -0.3 is 20.0 Å². The van der Waals surface area contributed by atoms with E-state index in [-0.39, 0.29) is 11.5 Å². The summed E-state index contributed by atoms with van der Waals surface area (Å²) >= 11 is 3.43. The normalized spacial score (nSPS) is 10.3. The maximum absolute atomic E-state index is 12.3. The Labute approximate surface area is 164 Å². The molecule has 0 aromatic heterocycles. The van der Waals surface area contributed by atoms with Crippen LogP contribution in [0.2, 0.25) is 0 Å². The lowest BCUT2D eigenvalue weighted by atomic mass is 10.1. The fourth-order valence-electron chi connectivity index (χ4n) is 2.40. The quantitative estimate of drug-likeness (QED) is 0.654. The molecule has 5 nitrogen and oxygen atoms in total. The number of halogens is 1. The van der Waals surface area contributed by atoms with Crippen LogP contribution in [-0.2, 0) is 6.61 Å². The molecule has 0 aliphatic rings. The number of aromatic carboxylic acids is 1. The van der Waals surface area contributed by atoms with Crippen LogP contribution < -0.4 is 15.2 Å². The van der Waals surface area contributed by atoms with Gasteiger partial charge in [0.25, 0.3) is 5.91 Å². The summed E-state index contributed by atoms with van der Waals surface area (Å²) in [6.07, 6.45) is 0. The summed E-state index contributed by atoms with van der Waals surface area (Å²) in [4.78, 5) is 23.2. The third-order valence-electron chi connectivity index (χ3n) is 3.80. The van der Waals surface area contributed by atoms with Crippen LogP contribution in [0, 0.1) is 0 Å². The number of para-hydroxylation sites is 1. The fraction of sp³-hybridized carbons (Fsp3) is 0.0476. The van der Waals surface area contributed by atoms with Crippen LogP contribution >= 0.6 is 15.9 Å². The van der Waals surface area contributed by atoms with Gasteiger partial charge in [-0.1, -0.05) is 36.4 Å². The number of amides is 1. The molecule has 0 saturated carbocycles. The Morgan fingerprint density at radius 2 is 1.67 bits per heavy atom. The standard InChI is InChI=1S/C21H16BrNO4/c22-18-6-1-2-7-19(18)27-13-14-8-10-15(11-9-14)20(24)23-17-5-3-4-16(12-17)21(25)26/h1-12H,13H2,(H,23,24)(H,25,26)/p-1. The monoisotopic (exact) mass is 424 g/mol. The van der Waals surface area contributed by atoms with Crippen molar-refractivity contribution in [3.05, 3.63) is 94.0 Å². The Bertz CT molecular complexity index is 970. The molecule has 136 valence electrons. The van der Waals surface area contributed by atoms with Gasteiger partial charge in [-0.25, -0.2) is 0 Å². The van der Waals surface area contributed by atoms with Gasteiger partial charge in [-0.3, -0.25) is 4.79 Å². The van der Waals surface area contributed by atoms with Crippen molar-refractivity contribution >= 4 is 33.5 Å². The fourth-order valence-corrected chi connectivity index (χ4v) is 2.80. The van der Waals surface area contributed by atoms with Crippen LogP contribution in [0.25, 0.3) is 0 Å². The molecule has 0 aliphatic carbocycles. The number of hydrogen-bond donors (Lipinski definition) is 1. The Balaban J connectivity index is 1.63. The molecule has 6 heteroatoms. The van der Waals surface area contributed by atoms with Crippen LogP contribution in [0.5, 0.6) is 5.75 Å². The van der Waals surface area contributed by atoms with E-state index < -0.39 is 5.97 Å². The maximum Gasteiger partial charge on any atom is 0.255 e. The van der Waals surface area contributed by atoms with E-state index in [1.807, 2.05) is 36.4 Å². The first-order valence-corrected chi connectivity index (χ1v) is 8.91. The van der Waals surface area contributed by atoms with E-state index >= 15 is 0 Å². The highest BCUT2D eigenvalue weighted by Crippen LogP contribution is 2.24. The van der Waals surface area contributed by atoms with Crippen molar-refractivity contribution in [3.63, 3.8) is 0 Å². The molecule has 27 heavy (non-hydrogen) atoms. The summed E-state index contributed by atoms with van der Waals surface area (Å²) in [7, 11) is 0. The molecule has 0 aliphatic heterocycles. The van der Waals surface area contributed by atoms with Crippen LogP contribution in [0.15, 0.2) is 77.3 Å². The number of hydrogen-bond acceptors (Lipinski definition) is 4. The van der Waals surface area contributed by atoms with E-state index in [4.69, 9.17) is 4.74 Å². The molecule has 0 saturated heterocycles. The minimum Gasteiger partial charge on any atom is -0.545 e. The average Bonchev–Trinajstić information content (AvgIpc) is 2.68. The van der Waals surface area contributed by atoms with Crippen molar-refractivity contribution in [1.82, 2.24) is 0 Å². The molecule has 0 atom stereocenters. The molecular weight excluding hydrogens is 410 g/mol. The molecule has 0 radical (unpaired) electrons. The van der Waals surface area contributed by atoms with Crippen LogP contribution in [0.4, 0.5) is 5.69 Å². The molecule has 0 heterocycles. The highest BCUT2D eigenvalue weighted by molar-refractivity contribution is 9.10. The summed E-state index contributed by atoms with van der Waals surface area (Å²) in [6, 6.07) is 20.5. The van der Waals surface area contributed by atoms with Crippen LogP contribution in [-0.4, -0.2) is 11.9 Å². The van der Waals surface area contributed by atoms with Gasteiger partial charge in [0.15, 0.2) is 0 Å². The third kappa shape index (κ3) is 4.95. The van der Waals surface area contributed by atoms with Crippen molar-refractivity contribution in [2.45, 2.75) is 6.61 Å².